The second-order valence-corrected chi connectivity index (χ2v) is 7.38. The maximum absolute atomic E-state index is 5.68. The Balaban J connectivity index is 0.00000208. The number of guanidine groups is 1. The van der Waals surface area contributed by atoms with Gasteiger partial charge in [0.1, 0.15) is 0 Å². The molecule has 0 bridgehead atoms. The minimum Gasteiger partial charge on any atom is -0.376 e. The van der Waals surface area contributed by atoms with Crippen LogP contribution in [0.1, 0.15) is 19.3 Å². The van der Waals surface area contributed by atoms with E-state index in [9.17, 15) is 0 Å². The van der Waals surface area contributed by atoms with Gasteiger partial charge in [-0.2, -0.15) is 0 Å². The summed E-state index contributed by atoms with van der Waals surface area (Å²) >= 11 is 1.97. The van der Waals surface area contributed by atoms with Gasteiger partial charge in [-0.15, -0.1) is 35.7 Å². The van der Waals surface area contributed by atoms with Crippen molar-refractivity contribution in [2.24, 2.45) is 10.9 Å². The summed E-state index contributed by atoms with van der Waals surface area (Å²) in [5.41, 5.74) is 0. The molecule has 0 spiro atoms. The van der Waals surface area contributed by atoms with Crippen molar-refractivity contribution in [2.75, 3.05) is 39.0 Å². The molecule has 1 aromatic rings. The Morgan fingerprint density at radius 2 is 2.17 bits per heavy atom. The lowest BCUT2D eigenvalue weighted by Gasteiger charge is -2.23. The molecule has 0 radical (unpaired) electrons. The number of nitrogens with one attached hydrogen (secondary N) is 1. The molecule has 4 nitrogen and oxygen atoms in total. The van der Waals surface area contributed by atoms with Crippen molar-refractivity contribution in [3.8, 4) is 0 Å². The van der Waals surface area contributed by atoms with Gasteiger partial charge in [0.15, 0.2) is 5.96 Å². The predicted octanol–water partition coefficient (Wildman–Crippen LogP) is 3.47. The third kappa shape index (κ3) is 5.81. The molecule has 6 heteroatoms. The molecular formula is C18H28IN3OS. The van der Waals surface area contributed by atoms with Crippen LogP contribution in [-0.2, 0) is 4.74 Å². The summed E-state index contributed by atoms with van der Waals surface area (Å²) in [5, 5.41) is 3.49. The van der Waals surface area contributed by atoms with Gasteiger partial charge < -0.3 is 15.0 Å². The first-order valence-electron chi connectivity index (χ1n) is 8.60. The zero-order valence-electron chi connectivity index (χ0n) is 14.3. The van der Waals surface area contributed by atoms with E-state index < -0.39 is 0 Å². The maximum Gasteiger partial charge on any atom is 0.193 e. The molecular weight excluding hydrogens is 433 g/mol. The number of halogens is 1. The second-order valence-electron chi connectivity index (χ2n) is 6.29. The quantitative estimate of drug-likeness (QED) is 0.316. The Kier molecular flexibility index (Phi) is 8.69. The van der Waals surface area contributed by atoms with Gasteiger partial charge in [0.2, 0.25) is 0 Å². The van der Waals surface area contributed by atoms with Gasteiger partial charge in [-0.05, 0) is 37.3 Å². The van der Waals surface area contributed by atoms with E-state index in [1.807, 2.05) is 18.8 Å². The van der Waals surface area contributed by atoms with Gasteiger partial charge in [-0.3, -0.25) is 4.99 Å². The van der Waals surface area contributed by atoms with Crippen LogP contribution in [0.2, 0.25) is 0 Å². The average Bonchev–Trinajstić information content (AvgIpc) is 3.26. The van der Waals surface area contributed by atoms with E-state index in [2.05, 4.69) is 45.5 Å². The van der Waals surface area contributed by atoms with Crippen LogP contribution in [0.3, 0.4) is 0 Å². The standard InChI is InChI=1S/C18H27N3OS.HI/c1-19-18(20-12-16-6-5-11-22-16)21-10-9-15(13-21)14-23-17-7-3-2-4-8-17;/h2-4,7-8,15-16H,5-6,9-14H2,1H3,(H,19,20);1H. The molecule has 3 rings (SSSR count). The molecule has 2 heterocycles. The molecule has 2 unspecified atom stereocenters. The monoisotopic (exact) mass is 461 g/mol. The highest BCUT2D eigenvalue weighted by Gasteiger charge is 2.25. The van der Waals surface area contributed by atoms with Crippen LogP contribution in [0.5, 0.6) is 0 Å². The fourth-order valence-electron chi connectivity index (χ4n) is 3.23. The van der Waals surface area contributed by atoms with Crippen LogP contribution in [0.25, 0.3) is 0 Å². The fourth-order valence-corrected chi connectivity index (χ4v) is 4.28. The van der Waals surface area contributed by atoms with Crippen LogP contribution in [-0.4, -0.2) is 56.0 Å². The lowest BCUT2D eigenvalue weighted by molar-refractivity contribution is 0.113. The maximum atomic E-state index is 5.68. The minimum absolute atomic E-state index is 0. The Bertz CT molecular complexity index is 508. The van der Waals surface area contributed by atoms with Gasteiger partial charge in [-0.25, -0.2) is 0 Å². The molecule has 0 saturated carbocycles. The van der Waals surface area contributed by atoms with Crippen LogP contribution in [0.4, 0.5) is 0 Å². The summed E-state index contributed by atoms with van der Waals surface area (Å²) in [4.78, 5) is 8.21. The van der Waals surface area contributed by atoms with Crippen molar-refractivity contribution in [3.63, 3.8) is 0 Å². The van der Waals surface area contributed by atoms with Crippen molar-refractivity contribution in [2.45, 2.75) is 30.3 Å². The molecule has 0 aliphatic carbocycles. The first kappa shape index (κ1) is 19.8. The Labute approximate surface area is 166 Å². The van der Waals surface area contributed by atoms with Crippen LogP contribution >= 0.6 is 35.7 Å². The van der Waals surface area contributed by atoms with Crippen LogP contribution in [0, 0.1) is 5.92 Å². The van der Waals surface area contributed by atoms with E-state index in [0.29, 0.717) is 6.10 Å². The molecule has 134 valence electrons. The average molecular weight is 461 g/mol. The largest absolute Gasteiger partial charge is 0.376 e. The highest BCUT2D eigenvalue weighted by atomic mass is 127. The van der Waals surface area contributed by atoms with E-state index in [1.165, 1.54) is 29.9 Å². The van der Waals surface area contributed by atoms with Crippen LogP contribution < -0.4 is 5.32 Å². The molecule has 2 fully saturated rings. The summed E-state index contributed by atoms with van der Waals surface area (Å²) < 4.78 is 5.68. The molecule has 1 aromatic carbocycles. The van der Waals surface area contributed by atoms with Crippen molar-refractivity contribution in [3.05, 3.63) is 30.3 Å². The first-order valence-corrected chi connectivity index (χ1v) is 9.59. The zero-order valence-corrected chi connectivity index (χ0v) is 17.5. The topological polar surface area (TPSA) is 36.9 Å². The molecule has 0 aromatic heterocycles. The molecule has 2 atom stereocenters. The number of aliphatic imine (C=N–C) groups is 1. The SMILES string of the molecule is CN=C(NCC1CCCO1)N1CCC(CSc2ccccc2)C1.I. The summed E-state index contributed by atoms with van der Waals surface area (Å²) in [5.74, 6) is 2.96. The lowest BCUT2D eigenvalue weighted by atomic mass is 10.2. The summed E-state index contributed by atoms with van der Waals surface area (Å²) in [6, 6.07) is 10.7. The highest BCUT2D eigenvalue weighted by Crippen LogP contribution is 2.25. The number of hydrogen-bond acceptors (Lipinski definition) is 3. The van der Waals surface area contributed by atoms with Crippen molar-refractivity contribution < 1.29 is 4.74 Å². The predicted molar refractivity (Wildman–Crippen MR) is 113 cm³/mol. The van der Waals surface area contributed by atoms with Gasteiger partial charge in [-0.1, -0.05) is 18.2 Å². The second kappa shape index (κ2) is 10.5. The zero-order chi connectivity index (χ0) is 15.9. The third-order valence-corrected chi connectivity index (χ3v) is 5.78. The lowest BCUT2D eigenvalue weighted by Crippen LogP contribution is -2.43. The van der Waals surface area contributed by atoms with Gasteiger partial charge in [0, 0.05) is 43.9 Å². The van der Waals surface area contributed by atoms with E-state index in [1.54, 1.807) is 0 Å². The van der Waals surface area contributed by atoms with Crippen molar-refractivity contribution in [1.82, 2.24) is 10.2 Å². The highest BCUT2D eigenvalue weighted by molar-refractivity contribution is 14.0. The number of nitrogens with zero attached hydrogens (tertiary/aromatic N) is 2. The Morgan fingerprint density at radius 3 is 2.88 bits per heavy atom. The molecule has 2 saturated heterocycles. The molecule has 0 amide bonds. The van der Waals surface area contributed by atoms with Gasteiger partial charge in [0.25, 0.3) is 0 Å². The molecule has 2 aliphatic rings. The smallest absolute Gasteiger partial charge is 0.193 e. The van der Waals surface area contributed by atoms with Gasteiger partial charge >= 0.3 is 0 Å². The number of benzene rings is 1. The summed E-state index contributed by atoms with van der Waals surface area (Å²) in [7, 11) is 1.88. The van der Waals surface area contributed by atoms with E-state index in [0.717, 1.165) is 38.1 Å². The molecule has 2 aliphatic heterocycles. The number of hydrogen-bond donors (Lipinski definition) is 1. The Morgan fingerprint density at radius 1 is 1.33 bits per heavy atom. The summed E-state index contributed by atoms with van der Waals surface area (Å²) in [6.45, 7) is 4.00. The Hall–Kier alpha value is -0.470. The van der Waals surface area contributed by atoms with Crippen molar-refractivity contribution in [1.29, 1.82) is 0 Å². The molecule has 24 heavy (non-hydrogen) atoms. The molecule has 1 N–H and O–H groups in total. The minimum atomic E-state index is 0. The normalized spacial score (nSPS) is 24.0. The number of rotatable bonds is 5. The number of ether oxygens (including phenoxy) is 1. The fraction of sp³-hybridized carbons (Fsp3) is 0.611. The number of likely N-dealkylation sites (tertiary alicyclic amines) is 1. The van der Waals surface area contributed by atoms with Crippen molar-refractivity contribution >= 4 is 41.7 Å². The van der Waals surface area contributed by atoms with E-state index >= 15 is 0 Å². The number of thioether (sulfide) groups is 1. The van der Waals surface area contributed by atoms with Crippen LogP contribution in [0.15, 0.2) is 40.2 Å². The summed E-state index contributed by atoms with van der Waals surface area (Å²) in [6.07, 6.45) is 3.97. The van der Waals surface area contributed by atoms with Gasteiger partial charge in [0.05, 0.1) is 6.10 Å². The van der Waals surface area contributed by atoms with E-state index in [4.69, 9.17) is 4.74 Å². The first-order chi connectivity index (χ1) is 11.3. The third-order valence-electron chi connectivity index (χ3n) is 4.54. The van der Waals surface area contributed by atoms with E-state index in [-0.39, 0.29) is 24.0 Å².